The Kier molecular flexibility index (Phi) is 4.32. The fourth-order valence-corrected chi connectivity index (χ4v) is 2.85. The van der Waals surface area contributed by atoms with E-state index in [0.717, 1.165) is 22.7 Å². The Morgan fingerprint density at radius 3 is 2.52 bits per heavy atom. The topological polar surface area (TPSA) is 39.4 Å². The summed E-state index contributed by atoms with van der Waals surface area (Å²) < 4.78 is 7.94. The molecule has 112 valence electrons. The van der Waals surface area contributed by atoms with Gasteiger partial charge in [0.25, 0.3) is 0 Å². The van der Waals surface area contributed by atoms with Gasteiger partial charge in [0.1, 0.15) is 11.4 Å². The number of aryl methyl sites for hydroxylation is 3. The molecule has 0 amide bonds. The van der Waals surface area contributed by atoms with Gasteiger partial charge < -0.3 is 4.43 Å². The van der Waals surface area contributed by atoms with E-state index >= 15 is 0 Å². The molecule has 0 saturated heterocycles. The SMILES string of the molecule is Cc1ccc(N=Cc2cn(C)nc2C)c(O[Si](C)(C)C)c1. The summed E-state index contributed by atoms with van der Waals surface area (Å²) in [6.07, 6.45) is 3.82. The molecule has 0 atom stereocenters. The summed E-state index contributed by atoms with van der Waals surface area (Å²) in [5.41, 5.74) is 4.05. The van der Waals surface area contributed by atoms with Crippen molar-refractivity contribution in [1.29, 1.82) is 0 Å². The summed E-state index contributed by atoms with van der Waals surface area (Å²) in [7, 11) is 0.255. The third-order valence-electron chi connectivity index (χ3n) is 2.93. The lowest BCUT2D eigenvalue weighted by atomic mass is 10.2. The molecule has 0 fully saturated rings. The molecule has 2 rings (SSSR count). The van der Waals surface area contributed by atoms with Crippen molar-refractivity contribution in [1.82, 2.24) is 9.78 Å². The molecule has 0 radical (unpaired) electrons. The van der Waals surface area contributed by atoms with E-state index in [1.165, 1.54) is 5.56 Å². The molecule has 4 nitrogen and oxygen atoms in total. The standard InChI is InChI=1S/C16H23N3OSi/c1-12-7-8-15(16(9-12)20-21(4,5)6)17-10-14-11-19(3)18-13(14)2/h7-11H,1-6H3. The van der Waals surface area contributed by atoms with Gasteiger partial charge in [-0.25, -0.2) is 0 Å². The van der Waals surface area contributed by atoms with Gasteiger partial charge in [0.05, 0.1) is 5.69 Å². The summed E-state index contributed by atoms with van der Waals surface area (Å²) in [6, 6.07) is 6.12. The Balaban J connectivity index is 2.33. The molecule has 0 spiro atoms. The van der Waals surface area contributed by atoms with Gasteiger partial charge in [-0.1, -0.05) is 6.07 Å². The van der Waals surface area contributed by atoms with Crippen LogP contribution in [0, 0.1) is 13.8 Å². The van der Waals surface area contributed by atoms with Crippen LogP contribution in [-0.4, -0.2) is 24.3 Å². The van der Waals surface area contributed by atoms with Crippen LogP contribution in [0.2, 0.25) is 19.6 Å². The van der Waals surface area contributed by atoms with Gasteiger partial charge in [0.15, 0.2) is 0 Å². The first-order valence-electron chi connectivity index (χ1n) is 7.08. The third kappa shape index (κ3) is 4.29. The van der Waals surface area contributed by atoms with Crippen LogP contribution in [0.25, 0.3) is 0 Å². The van der Waals surface area contributed by atoms with Crippen molar-refractivity contribution in [2.45, 2.75) is 33.5 Å². The maximum absolute atomic E-state index is 6.14. The predicted molar refractivity (Wildman–Crippen MR) is 90.4 cm³/mol. The van der Waals surface area contributed by atoms with Crippen LogP contribution in [0.3, 0.4) is 0 Å². The second-order valence-electron chi connectivity index (χ2n) is 6.29. The highest BCUT2D eigenvalue weighted by Crippen LogP contribution is 2.30. The van der Waals surface area contributed by atoms with E-state index in [9.17, 15) is 0 Å². The summed E-state index contributed by atoms with van der Waals surface area (Å²) in [5, 5.41) is 4.32. The largest absolute Gasteiger partial charge is 0.543 e. The van der Waals surface area contributed by atoms with Gasteiger partial charge in [-0.15, -0.1) is 0 Å². The van der Waals surface area contributed by atoms with E-state index < -0.39 is 8.32 Å². The highest BCUT2D eigenvalue weighted by molar-refractivity contribution is 6.70. The van der Waals surface area contributed by atoms with Gasteiger partial charge in [0.2, 0.25) is 8.32 Å². The highest BCUT2D eigenvalue weighted by Gasteiger charge is 2.18. The second-order valence-corrected chi connectivity index (χ2v) is 10.7. The molecule has 21 heavy (non-hydrogen) atoms. The van der Waals surface area contributed by atoms with E-state index in [1.54, 1.807) is 4.68 Å². The van der Waals surface area contributed by atoms with Crippen LogP contribution in [0.5, 0.6) is 5.75 Å². The Morgan fingerprint density at radius 2 is 1.95 bits per heavy atom. The lowest BCUT2D eigenvalue weighted by Gasteiger charge is -2.20. The second kappa shape index (κ2) is 5.85. The monoisotopic (exact) mass is 301 g/mol. The summed E-state index contributed by atoms with van der Waals surface area (Å²) in [6.45, 7) is 10.6. The fourth-order valence-electron chi connectivity index (χ4n) is 2.02. The number of benzene rings is 1. The molecular weight excluding hydrogens is 278 g/mol. The number of aromatic nitrogens is 2. The van der Waals surface area contributed by atoms with Crippen LogP contribution in [0.1, 0.15) is 16.8 Å². The van der Waals surface area contributed by atoms with E-state index in [-0.39, 0.29) is 0 Å². The van der Waals surface area contributed by atoms with Crippen LogP contribution in [0.15, 0.2) is 29.4 Å². The number of rotatable bonds is 4. The van der Waals surface area contributed by atoms with Gasteiger partial charge >= 0.3 is 0 Å². The summed E-state index contributed by atoms with van der Waals surface area (Å²) >= 11 is 0. The molecule has 0 saturated carbocycles. The maximum atomic E-state index is 6.14. The molecule has 1 aromatic heterocycles. The Bertz CT molecular complexity index is 669. The van der Waals surface area contributed by atoms with Crippen molar-refractivity contribution in [3.8, 4) is 5.75 Å². The number of nitrogens with zero attached hydrogens (tertiary/aromatic N) is 3. The van der Waals surface area contributed by atoms with Crippen molar-refractivity contribution in [3.05, 3.63) is 41.2 Å². The quantitative estimate of drug-likeness (QED) is 0.632. The van der Waals surface area contributed by atoms with Crippen LogP contribution >= 0.6 is 0 Å². The summed E-state index contributed by atoms with van der Waals surface area (Å²) in [5.74, 6) is 0.868. The molecule has 0 aliphatic carbocycles. The third-order valence-corrected chi connectivity index (χ3v) is 3.76. The molecule has 0 unspecified atom stereocenters. The Hall–Kier alpha value is -1.88. The summed E-state index contributed by atoms with van der Waals surface area (Å²) in [4.78, 5) is 4.59. The van der Waals surface area contributed by atoms with Crippen LogP contribution in [0.4, 0.5) is 5.69 Å². The minimum atomic E-state index is -1.66. The predicted octanol–water partition coefficient (Wildman–Crippen LogP) is 4.00. The van der Waals surface area contributed by atoms with Crippen molar-refractivity contribution >= 4 is 20.2 Å². The van der Waals surface area contributed by atoms with Crippen LogP contribution in [-0.2, 0) is 7.05 Å². The van der Waals surface area contributed by atoms with Gasteiger partial charge in [-0.3, -0.25) is 9.67 Å². The van der Waals surface area contributed by atoms with E-state index in [4.69, 9.17) is 4.43 Å². The molecular formula is C16H23N3OSi. The van der Waals surface area contributed by atoms with Gasteiger partial charge in [-0.05, 0) is 51.2 Å². The Labute approximate surface area is 127 Å². The zero-order chi connectivity index (χ0) is 15.6. The first-order chi connectivity index (χ1) is 9.74. The van der Waals surface area contributed by atoms with Crippen molar-refractivity contribution in [3.63, 3.8) is 0 Å². The number of hydrogen-bond donors (Lipinski definition) is 0. The lowest BCUT2D eigenvalue weighted by molar-refractivity contribution is 0.558. The molecule has 0 aliphatic rings. The van der Waals surface area contributed by atoms with E-state index in [2.05, 4.69) is 48.8 Å². The fraction of sp³-hybridized carbons (Fsp3) is 0.375. The molecule has 2 aromatic rings. The first-order valence-corrected chi connectivity index (χ1v) is 10.5. The Morgan fingerprint density at radius 1 is 1.24 bits per heavy atom. The van der Waals surface area contributed by atoms with E-state index in [1.807, 2.05) is 32.4 Å². The molecule has 0 bridgehead atoms. The van der Waals surface area contributed by atoms with Crippen LogP contribution < -0.4 is 4.43 Å². The van der Waals surface area contributed by atoms with Gasteiger partial charge in [0, 0.05) is 25.0 Å². The first kappa shape index (κ1) is 15.5. The minimum absolute atomic E-state index is 0.867. The van der Waals surface area contributed by atoms with Crippen molar-refractivity contribution in [2.75, 3.05) is 0 Å². The minimum Gasteiger partial charge on any atom is -0.543 e. The van der Waals surface area contributed by atoms with Gasteiger partial charge in [-0.2, -0.15) is 5.10 Å². The zero-order valence-electron chi connectivity index (χ0n) is 13.6. The molecule has 5 heteroatoms. The average molecular weight is 301 g/mol. The zero-order valence-corrected chi connectivity index (χ0v) is 14.6. The number of aliphatic imine (C=N–C) groups is 1. The van der Waals surface area contributed by atoms with E-state index in [0.29, 0.717) is 0 Å². The normalized spacial score (nSPS) is 12.1. The molecule has 1 heterocycles. The molecule has 0 N–H and O–H groups in total. The van der Waals surface area contributed by atoms with Crippen molar-refractivity contribution in [2.24, 2.45) is 12.0 Å². The lowest BCUT2D eigenvalue weighted by Crippen LogP contribution is -2.29. The smallest absolute Gasteiger partial charge is 0.242 e. The van der Waals surface area contributed by atoms with Crippen molar-refractivity contribution < 1.29 is 4.43 Å². The molecule has 0 aliphatic heterocycles. The maximum Gasteiger partial charge on any atom is 0.242 e. The average Bonchev–Trinajstić information content (AvgIpc) is 2.65. The number of hydrogen-bond acceptors (Lipinski definition) is 3. The molecule has 1 aromatic carbocycles. The highest BCUT2D eigenvalue weighted by atomic mass is 28.4.